The minimum absolute atomic E-state index is 0.307. The fourth-order valence-corrected chi connectivity index (χ4v) is 2.50. The number of carbonyl (C=O) groups excluding carboxylic acids is 1. The molecule has 0 spiro atoms. The number of hydrogen-bond acceptors (Lipinski definition) is 3. The highest BCUT2D eigenvalue weighted by atomic mass is 16.1. The quantitative estimate of drug-likeness (QED) is 0.714. The van der Waals surface area contributed by atoms with E-state index in [0.717, 1.165) is 11.1 Å². The van der Waals surface area contributed by atoms with Crippen LogP contribution in [0.1, 0.15) is 15.9 Å². The minimum atomic E-state index is -0.307. The van der Waals surface area contributed by atoms with Gasteiger partial charge in [-0.15, -0.1) is 0 Å². The lowest BCUT2D eigenvalue weighted by atomic mass is 10.0. The predicted octanol–water partition coefficient (Wildman–Crippen LogP) is 3.97. The van der Waals surface area contributed by atoms with Crippen molar-refractivity contribution in [3.8, 4) is 17.2 Å². The third-order valence-electron chi connectivity index (χ3n) is 3.79. The highest BCUT2D eigenvalue weighted by molar-refractivity contribution is 6.16. The number of hydrogen-bond donors (Lipinski definition) is 2. The molecule has 0 fully saturated rings. The van der Waals surface area contributed by atoms with E-state index in [1.165, 1.54) is 0 Å². The van der Waals surface area contributed by atoms with Crippen LogP contribution in [-0.2, 0) is 0 Å². The van der Waals surface area contributed by atoms with Crippen LogP contribution in [0.25, 0.3) is 11.1 Å². The van der Waals surface area contributed by atoms with Crippen molar-refractivity contribution in [1.29, 1.82) is 5.26 Å². The van der Waals surface area contributed by atoms with Gasteiger partial charge in [0, 0.05) is 11.3 Å². The Kier molecular flexibility index (Phi) is 4.82. The molecule has 0 saturated heterocycles. The van der Waals surface area contributed by atoms with Gasteiger partial charge in [0.05, 0.1) is 11.3 Å². The molecule has 0 aromatic heterocycles. The van der Waals surface area contributed by atoms with Gasteiger partial charge in [0.1, 0.15) is 6.07 Å². The van der Waals surface area contributed by atoms with Crippen molar-refractivity contribution in [1.82, 2.24) is 0 Å². The molecule has 0 aliphatic carbocycles. The van der Waals surface area contributed by atoms with Crippen molar-refractivity contribution < 1.29 is 4.79 Å². The standard InChI is InChI=1S/C20H14BN3O/c21-24-18-8-4-7-16(11-18)20(25)23-19-12-15(9-10-17(19)13-22)14-5-2-1-3-6-14/h1-12,24H,(H,23,25). The first-order chi connectivity index (χ1) is 12.2. The SMILES string of the molecule is [B]Nc1cccc(C(=O)Nc2cc(-c3ccccc3)ccc2C#N)c1. The van der Waals surface area contributed by atoms with E-state index in [4.69, 9.17) is 7.98 Å². The van der Waals surface area contributed by atoms with Crippen LogP contribution < -0.4 is 10.5 Å². The average Bonchev–Trinajstić information content (AvgIpc) is 2.68. The Morgan fingerprint density at radius 1 is 0.920 bits per heavy atom. The summed E-state index contributed by atoms with van der Waals surface area (Å²) in [6.07, 6.45) is 0. The molecule has 3 aromatic carbocycles. The van der Waals surface area contributed by atoms with Gasteiger partial charge in [-0.3, -0.25) is 4.79 Å². The Balaban J connectivity index is 1.93. The van der Waals surface area contributed by atoms with Gasteiger partial charge in [-0.2, -0.15) is 5.26 Å². The molecule has 0 unspecified atom stereocenters. The molecule has 2 N–H and O–H groups in total. The summed E-state index contributed by atoms with van der Waals surface area (Å²) >= 11 is 0. The van der Waals surface area contributed by atoms with E-state index in [9.17, 15) is 10.1 Å². The second-order valence-electron chi connectivity index (χ2n) is 5.42. The summed E-state index contributed by atoms with van der Waals surface area (Å²) in [4.78, 5) is 12.5. The lowest BCUT2D eigenvalue weighted by Gasteiger charge is -2.10. The number of rotatable bonds is 4. The van der Waals surface area contributed by atoms with Crippen LogP contribution in [0.2, 0.25) is 0 Å². The molecule has 0 saturated carbocycles. The Morgan fingerprint density at radius 2 is 1.72 bits per heavy atom. The highest BCUT2D eigenvalue weighted by Gasteiger charge is 2.11. The number of nitriles is 1. The molecule has 25 heavy (non-hydrogen) atoms. The van der Waals surface area contributed by atoms with Gasteiger partial charge < -0.3 is 10.5 Å². The Bertz CT molecular complexity index is 949. The largest absolute Gasteiger partial charge is 0.437 e. The summed E-state index contributed by atoms with van der Waals surface area (Å²) in [6.45, 7) is 0. The third-order valence-corrected chi connectivity index (χ3v) is 3.79. The first kappa shape index (κ1) is 16.3. The van der Waals surface area contributed by atoms with E-state index in [-0.39, 0.29) is 5.91 Å². The lowest BCUT2D eigenvalue weighted by molar-refractivity contribution is 0.102. The smallest absolute Gasteiger partial charge is 0.255 e. The molecule has 2 radical (unpaired) electrons. The Morgan fingerprint density at radius 3 is 2.44 bits per heavy atom. The van der Waals surface area contributed by atoms with Crippen LogP contribution in [0.15, 0.2) is 72.8 Å². The van der Waals surface area contributed by atoms with E-state index < -0.39 is 0 Å². The number of nitrogens with one attached hydrogen (secondary N) is 2. The van der Waals surface area contributed by atoms with Crippen molar-refractivity contribution in [3.05, 3.63) is 83.9 Å². The van der Waals surface area contributed by atoms with Gasteiger partial charge in [0.2, 0.25) is 7.98 Å². The van der Waals surface area contributed by atoms with Crippen LogP contribution in [0.4, 0.5) is 11.4 Å². The molecule has 3 aromatic rings. The molecular formula is C20H14BN3O. The lowest BCUT2D eigenvalue weighted by Crippen LogP contribution is -2.13. The van der Waals surface area contributed by atoms with Gasteiger partial charge in [-0.25, -0.2) is 0 Å². The molecule has 3 rings (SSSR count). The van der Waals surface area contributed by atoms with Gasteiger partial charge >= 0.3 is 0 Å². The number of carbonyl (C=O) groups is 1. The molecule has 0 aliphatic rings. The maximum absolute atomic E-state index is 12.5. The van der Waals surface area contributed by atoms with Crippen LogP contribution in [0, 0.1) is 11.3 Å². The van der Waals surface area contributed by atoms with Crippen molar-refractivity contribution in [2.75, 3.05) is 10.5 Å². The summed E-state index contributed by atoms with van der Waals surface area (Å²) in [6, 6.07) is 24.1. The first-order valence-corrected chi connectivity index (χ1v) is 7.69. The second kappa shape index (κ2) is 7.37. The van der Waals surface area contributed by atoms with Crippen molar-refractivity contribution in [2.24, 2.45) is 0 Å². The number of amides is 1. The van der Waals surface area contributed by atoms with Gasteiger partial charge in [-0.1, -0.05) is 42.5 Å². The second-order valence-corrected chi connectivity index (χ2v) is 5.42. The molecule has 5 heteroatoms. The first-order valence-electron chi connectivity index (χ1n) is 7.69. The number of benzene rings is 3. The normalized spacial score (nSPS) is 9.88. The molecule has 4 nitrogen and oxygen atoms in total. The van der Waals surface area contributed by atoms with Crippen LogP contribution in [-0.4, -0.2) is 13.9 Å². The van der Waals surface area contributed by atoms with Crippen LogP contribution in [0.5, 0.6) is 0 Å². The van der Waals surface area contributed by atoms with Gasteiger partial charge in [0.25, 0.3) is 5.91 Å². The maximum Gasteiger partial charge on any atom is 0.255 e. The zero-order valence-electron chi connectivity index (χ0n) is 13.4. The summed E-state index contributed by atoms with van der Waals surface area (Å²) in [5.41, 5.74) is 3.89. The van der Waals surface area contributed by atoms with E-state index in [2.05, 4.69) is 16.6 Å². The molecule has 0 aliphatic heterocycles. The molecule has 118 valence electrons. The van der Waals surface area contributed by atoms with Gasteiger partial charge in [-0.05, 0) is 41.5 Å². The number of anilines is 2. The molecular weight excluding hydrogens is 309 g/mol. The molecule has 0 atom stereocenters. The monoisotopic (exact) mass is 323 g/mol. The summed E-state index contributed by atoms with van der Waals surface area (Å²) in [5.74, 6) is -0.307. The minimum Gasteiger partial charge on any atom is -0.437 e. The van der Waals surface area contributed by atoms with E-state index in [0.29, 0.717) is 22.5 Å². The maximum atomic E-state index is 12.5. The van der Waals surface area contributed by atoms with E-state index >= 15 is 0 Å². The fraction of sp³-hybridized carbons (Fsp3) is 0. The zero-order chi connectivity index (χ0) is 17.6. The molecule has 0 bridgehead atoms. The van der Waals surface area contributed by atoms with Crippen LogP contribution >= 0.6 is 0 Å². The summed E-state index contributed by atoms with van der Waals surface area (Å²) in [7, 11) is 5.38. The van der Waals surface area contributed by atoms with Crippen LogP contribution in [0.3, 0.4) is 0 Å². The van der Waals surface area contributed by atoms with Gasteiger partial charge in [0.15, 0.2) is 0 Å². The summed E-state index contributed by atoms with van der Waals surface area (Å²) < 4.78 is 0. The average molecular weight is 323 g/mol. The Hall–Kier alpha value is -3.52. The molecule has 0 heterocycles. The van der Waals surface area contributed by atoms with Crippen molar-refractivity contribution >= 4 is 25.3 Å². The van der Waals surface area contributed by atoms with E-state index in [1.54, 1.807) is 36.4 Å². The highest BCUT2D eigenvalue weighted by Crippen LogP contribution is 2.26. The molecule has 1 amide bonds. The number of nitrogens with zero attached hydrogens (tertiary/aromatic N) is 1. The predicted molar refractivity (Wildman–Crippen MR) is 100 cm³/mol. The zero-order valence-corrected chi connectivity index (χ0v) is 13.4. The van der Waals surface area contributed by atoms with E-state index in [1.807, 2.05) is 36.4 Å². The third kappa shape index (κ3) is 3.70. The van der Waals surface area contributed by atoms with Crippen molar-refractivity contribution in [2.45, 2.75) is 0 Å². The summed E-state index contributed by atoms with van der Waals surface area (Å²) in [5, 5.41) is 14.6. The Labute approximate surface area is 147 Å². The topological polar surface area (TPSA) is 64.9 Å². The van der Waals surface area contributed by atoms with Crippen molar-refractivity contribution in [3.63, 3.8) is 0 Å². The fourth-order valence-electron chi connectivity index (χ4n) is 2.50.